The van der Waals surface area contributed by atoms with E-state index in [0.717, 1.165) is 10.7 Å². The molecule has 3 nitrogen and oxygen atoms in total. The van der Waals surface area contributed by atoms with Crippen LogP contribution in [-0.4, -0.2) is 15.8 Å². The topological polar surface area (TPSA) is 43.8 Å². The predicted octanol–water partition coefficient (Wildman–Crippen LogP) is 3.22. The minimum Gasteiger partial charge on any atom is -0.327 e. The Kier molecular flexibility index (Phi) is 4.32. The van der Waals surface area contributed by atoms with E-state index in [0.29, 0.717) is 0 Å². The quantitative estimate of drug-likeness (QED) is 0.871. The molecule has 0 bridgehead atoms. The largest absolute Gasteiger partial charge is 0.327 e. The van der Waals surface area contributed by atoms with Crippen molar-refractivity contribution in [2.24, 2.45) is 12.8 Å². The molecule has 1 aromatic heterocycles. The molecule has 2 aromatic rings. The van der Waals surface area contributed by atoms with Gasteiger partial charge in [-0.05, 0) is 32.4 Å². The Bertz CT molecular complexity index is 543. The molecule has 19 heavy (non-hydrogen) atoms. The molecule has 1 aromatic carbocycles. The Morgan fingerprint density at radius 1 is 1.21 bits per heavy atom. The van der Waals surface area contributed by atoms with Crippen LogP contribution in [0.3, 0.4) is 0 Å². The number of hydrogen-bond acceptors (Lipinski definition) is 3. The lowest BCUT2D eigenvalue weighted by atomic mass is 10.1. The average molecular weight is 275 g/mol. The highest BCUT2D eigenvalue weighted by Gasteiger charge is 2.19. The summed E-state index contributed by atoms with van der Waals surface area (Å²) in [6.45, 7) is 6.17. The lowest BCUT2D eigenvalue weighted by molar-refractivity contribution is 0.680. The van der Waals surface area contributed by atoms with Crippen molar-refractivity contribution in [2.45, 2.75) is 37.1 Å². The second-order valence-electron chi connectivity index (χ2n) is 5.06. The van der Waals surface area contributed by atoms with Crippen LogP contribution in [0.1, 0.15) is 29.0 Å². The third-order valence-corrected chi connectivity index (χ3v) is 4.67. The Hall–Kier alpha value is -1.26. The third-order valence-electron chi connectivity index (χ3n) is 3.09. The Labute approximate surface area is 119 Å². The zero-order valence-corrected chi connectivity index (χ0v) is 12.7. The van der Waals surface area contributed by atoms with Crippen LogP contribution in [-0.2, 0) is 7.05 Å². The summed E-state index contributed by atoms with van der Waals surface area (Å²) >= 11 is 1.78. The van der Waals surface area contributed by atoms with Crippen molar-refractivity contribution in [1.29, 1.82) is 0 Å². The fourth-order valence-electron chi connectivity index (χ4n) is 2.06. The van der Waals surface area contributed by atoms with Crippen LogP contribution in [0, 0.1) is 13.8 Å². The van der Waals surface area contributed by atoms with Gasteiger partial charge in [0.05, 0.1) is 16.0 Å². The molecule has 4 heteroatoms. The molecular formula is C15H21N3S. The number of benzene rings is 1. The molecule has 0 fully saturated rings. The summed E-state index contributed by atoms with van der Waals surface area (Å²) in [5, 5.41) is 5.79. The monoisotopic (exact) mass is 275 g/mol. The molecule has 0 aliphatic heterocycles. The fourth-order valence-corrected chi connectivity index (χ4v) is 3.26. The maximum Gasteiger partial charge on any atom is 0.0945 e. The number of nitrogens with zero attached hydrogens (tertiary/aromatic N) is 2. The van der Waals surface area contributed by atoms with Gasteiger partial charge in [0.2, 0.25) is 0 Å². The highest BCUT2D eigenvalue weighted by atomic mass is 32.2. The number of aryl methyl sites for hydroxylation is 3. The van der Waals surface area contributed by atoms with Crippen molar-refractivity contribution in [3.05, 3.63) is 47.2 Å². The first-order valence-electron chi connectivity index (χ1n) is 6.47. The van der Waals surface area contributed by atoms with Crippen molar-refractivity contribution in [1.82, 2.24) is 9.78 Å². The summed E-state index contributed by atoms with van der Waals surface area (Å²) in [7, 11) is 1.97. The van der Waals surface area contributed by atoms with E-state index in [9.17, 15) is 0 Å². The zero-order valence-electron chi connectivity index (χ0n) is 11.9. The summed E-state index contributed by atoms with van der Waals surface area (Å²) in [6, 6.07) is 10.8. The number of hydrogen-bond donors (Lipinski definition) is 1. The van der Waals surface area contributed by atoms with Crippen molar-refractivity contribution < 1.29 is 0 Å². The predicted molar refractivity (Wildman–Crippen MR) is 81.4 cm³/mol. The summed E-state index contributed by atoms with van der Waals surface area (Å²) in [5.74, 6) is 0. The van der Waals surface area contributed by atoms with Crippen LogP contribution < -0.4 is 5.73 Å². The van der Waals surface area contributed by atoms with Gasteiger partial charge < -0.3 is 5.73 Å². The molecule has 102 valence electrons. The molecule has 0 spiro atoms. The summed E-state index contributed by atoms with van der Waals surface area (Å²) in [4.78, 5) is 0. The van der Waals surface area contributed by atoms with Crippen LogP contribution in [0.2, 0.25) is 0 Å². The normalized spacial score (nSPS) is 14.4. The number of aromatic nitrogens is 2. The lowest BCUT2D eigenvalue weighted by Gasteiger charge is -2.20. The van der Waals surface area contributed by atoms with Gasteiger partial charge in [0.25, 0.3) is 0 Å². The average Bonchev–Trinajstić information content (AvgIpc) is 2.66. The molecular weight excluding hydrogens is 254 g/mol. The molecule has 0 amide bonds. The molecule has 0 radical (unpaired) electrons. The molecule has 2 unspecified atom stereocenters. The van der Waals surface area contributed by atoms with E-state index in [1.165, 1.54) is 11.1 Å². The van der Waals surface area contributed by atoms with Crippen molar-refractivity contribution >= 4 is 11.8 Å². The maximum absolute atomic E-state index is 6.16. The highest BCUT2D eigenvalue weighted by Crippen LogP contribution is 2.37. The van der Waals surface area contributed by atoms with E-state index in [2.05, 4.69) is 49.3 Å². The van der Waals surface area contributed by atoms with Gasteiger partial charge in [-0.3, -0.25) is 4.68 Å². The van der Waals surface area contributed by atoms with Gasteiger partial charge in [-0.2, -0.15) is 5.10 Å². The molecule has 2 atom stereocenters. The fraction of sp³-hybridized carbons (Fsp3) is 0.400. The molecule has 2 N–H and O–H groups in total. The number of rotatable bonds is 4. The van der Waals surface area contributed by atoms with Gasteiger partial charge in [0.1, 0.15) is 0 Å². The smallest absolute Gasteiger partial charge is 0.0945 e. The van der Waals surface area contributed by atoms with Crippen LogP contribution >= 0.6 is 11.8 Å². The third kappa shape index (κ3) is 3.39. The Balaban J connectivity index is 2.26. The van der Waals surface area contributed by atoms with E-state index in [4.69, 9.17) is 5.73 Å². The van der Waals surface area contributed by atoms with E-state index in [1.54, 1.807) is 11.8 Å². The van der Waals surface area contributed by atoms with Crippen LogP contribution in [0.5, 0.6) is 0 Å². The van der Waals surface area contributed by atoms with Gasteiger partial charge in [0, 0.05) is 13.1 Å². The number of thioether (sulfide) groups is 1. The maximum atomic E-state index is 6.16. The molecule has 0 aliphatic carbocycles. The molecule has 0 saturated carbocycles. The van der Waals surface area contributed by atoms with Crippen molar-refractivity contribution in [3.63, 3.8) is 0 Å². The van der Waals surface area contributed by atoms with E-state index < -0.39 is 0 Å². The molecule has 0 aliphatic rings. The minimum atomic E-state index is 0.0860. The van der Waals surface area contributed by atoms with E-state index in [1.807, 2.05) is 18.7 Å². The first kappa shape index (κ1) is 14.2. The second kappa shape index (κ2) is 5.80. The molecule has 2 rings (SSSR count). The van der Waals surface area contributed by atoms with Gasteiger partial charge in [0.15, 0.2) is 0 Å². The van der Waals surface area contributed by atoms with Crippen LogP contribution in [0.25, 0.3) is 0 Å². The second-order valence-corrected chi connectivity index (χ2v) is 6.22. The Morgan fingerprint density at radius 3 is 2.32 bits per heavy atom. The SMILES string of the molecule is Cc1ccc(C(Sc2cc(C)nn2C)C(C)N)cc1. The van der Waals surface area contributed by atoms with Gasteiger partial charge >= 0.3 is 0 Å². The van der Waals surface area contributed by atoms with Gasteiger partial charge in [-0.15, -0.1) is 0 Å². The standard InChI is InChI=1S/C15H21N3S/c1-10-5-7-13(8-6-10)15(12(3)16)19-14-9-11(2)17-18(14)4/h5-9,12,15H,16H2,1-4H3. The van der Waals surface area contributed by atoms with Crippen molar-refractivity contribution in [2.75, 3.05) is 0 Å². The lowest BCUT2D eigenvalue weighted by Crippen LogP contribution is -2.22. The van der Waals surface area contributed by atoms with Gasteiger partial charge in [-0.25, -0.2) is 0 Å². The van der Waals surface area contributed by atoms with Gasteiger partial charge in [-0.1, -0.05) is 41.6 Å². The van der Waals surface area contributed by atoms with Crippen molar-refractivity contribution in [3.8, 4) is 0 Å². The minimum absolute atomic E-state index is 0.0860. The zero-order chi connectivity index (χ0) is 14.0. The van der Waals surface area contributed by atoms with E-state index >= 15 is 0 Å². The van der Waals surface area contributed by atoms with E-state index in [-0.39, 0.29) is 11.3 Å². The first-order valence-corrected chi connectivity index (χ1v) is 7.35. The number of nitrogens with two attached hydrogens (primary N) is 1. The summed E-state index contributed by atoms with van der Waals surface area (Å²) in [6.07, 6.45) is 0. The van der Waals surface area contributed by atoms with Crippen LogP contribution in [0.15, 0.2) is 35.4 Å². The molecule has 0 saturated heterocycles. The van der Waals surface area contributed by atoms with Crippen LogP contribution in [0.4, 0.5) is 0 Å². The summed E-state index contributed by atoms with van der Waals surface area (Å²) in [5.41, 5.74) is 9.74. The molecule has 1 heterocycles. The highest BCUT2D eigenvalue weighted by molar-refractivity contribution is 7.99. The summed E-state index contributed by atoms with van der Waals surface area (Å²) < 4.78 is 1.92. The first-order chi connectivity index (χ1) is 8.97. The Morgan fingerprint density at radius 2 is 1.84 bits per heavy atom.